The number of carbonyl (C=O) groups excluding carboxylic acids is 2. The van der Waals surface area contributed by atoms with Gasteiger partial charge in [0.2, 0.25) is 5.91 Å². The van der Waals surface area contributed by atoms with Gasteiger partial charge in [-0.1, -0.05) is 18.2 Å². The van der Waals surface area contributed by atoms with Crippen molar-refractivity contribution in [3.05, 3.63) is 29.8 Å². The normalized spacial score (nSPS) is 17.5. The lowest BCUT2D eigenvalue weighted by atomic mass is 10.1. The second-order valence-corrected chi connectivity index (χ2v) is 3.77. The Labute approximate surface area is 98.6 Å². The monoisotopic (exact) mass is 229 g/mol. The highest BCUT2D eigenvalue weighted by atomic mass is 16.2. The number of carbonyl (C=O) groups is 2. The first kappa shape index (κ1) is 11.1. The molecule has 1 heterocycles. The molecule has 0 saturated carbocycles. The van der Waals surface area contributed by atoms with Gasteiger partial charge >= 0.3 is 0 Å². The zero-order valence-electron chi connectivity index (χ0n) is 9.30. The standard InChI is InChI=1S/C12H11N3O2/c1-8(16)14-11-9-4-2-3-5-10(9)15(7-6-13)12(11)17/h2-5,11H,7H2,1H3,(H,14,16). The maximum absolute atomic E-state index is 12.0. The van der Waals surface area contributed by atoms with Gasteiger partial charge in [-0.25, -0.2) is 0 Å². The van der Waals surface area contributed by atoms with Crippen molar-refractivity contribution < 1.29 is 9.59 Å². The number of rotatable bonds is 2. The van der Waals surface area contributed by atoms with Crippen molar-refractivity contribution >= 4 is 17.5 Å². The van der Waals surface area contributed by atoms with E-state index in [1.165, 1.54) is 11.8 Å². The number of para-hydroxylation sites is 1. The van der Waals surface area contributed by atoms with Gasteiger partial charge in [0.25, 0.3) is 5.91 Å². The first-order chi connectivity index (χ1) is 8.15. The minimum Gasteiger partial charge on any atom is -0.341 e. The molecule has 1 N–H and O–H groups in total. The molecule has 5 nitrogen and oxygen atoms in total. The van der Waals surface area contributed by atoms with Gasteiger partial charge in [-0.05, 0) is 6.07 Å². The minimum atomic E-state index is -0.669. The molecule has 1 aromatic rings. The second kappa shape index (κ2) is 4.26. The van der Waals surface area contributed by atoms with Crippen LogP contribution in [0.15, 0.2) is 24.3 Å². The third-order valence-electron chi connectivity index (χ3n) is 2.63. The molecule has 0 aliphatic carbocycles. The van der Waals surface area contributed by atoms with Gasteiger partial charge in [-0.3, -0.25) is 14.5 Å². The number of benzene rings is 1. The van der Waals surface area contributed by atoms with Gasteiger partial charge in [0, 0.05) is 12.5 Å². The molecule has 0 aromatic heterocycles. The van der Waals surface area contributed by atoms with E-state index in [-0.39, 0.29) is 18.4 Å². The van der Waals surface area contributed by atoms with Crippen LogP contribution in [0.2, 0.25) is 0 Å². The van der Waals surface area contributed by atoms with Crippen LogP contribution in [0.25, 0.3) is 0 Å². The van der Waals surface area contributed by atoms with Crippen LogP contribution in [-0.4, -0.2) is 18.4 Å². The van der Waals surface area contributed by atoms with E-state index in [0.29, 0.717) is 5.69 Å². The van der Waals surface area contributed by atoms with E-state index in [4.69, 9.17) is 5.26 Å². The van der Waals surface area contributed by atoms with E-state index in [1.807, 2.05) is 6.07 Å². The molecule has 1 aromatic carbocycles. The fourth-order valence-electron chi connectivity index (χ4n) is 1.96. The number of hydrogen-bond acceptors (Lipinski definition) is 3. The van der Waals surface area contributed by atoms with Crippen LogP contribution in [0.5, 0.6) is 0 Å². The number of amides is 2. The van der Waals surface area contributed by atoms with Gasteiger partial charge < -0.3 is 5.32 Å². The largest absolute Gasteiger partial charge is 0.341 e. The summed E-state index contributed by atoms with van der Waals surface area (Å²) in [5.41, 5.74) is 1.43. The molecule has 17 heavy (non-hydrogen) atoms. The zero-order valence-corrected chi connectivity index (χ0v) is 9.30. The van der Waals surface area contributed by atoms with Crippen molar-refractivity contribution in [3.8, 4) is 6.07 Å². The summed E-state index contributed by atoms with van der Waals surface area (Å²) in [5, 5.41) is 11.3. The van der Waals surface area contributed by atoms with E-state index in [1.54, 1.807) is 24.3 Å². The van der Waals surface area contributed by atoms with Gasteiger partial charge in [-0.15, -0.1) is 0 Å². The van der Waals surface area contributed by atoms with Crippen molar-refractivity contribution in [1.82, 2.24) is 5.32 Å². The Morgan fingerprint density at radius 2 is 2.24 bits per heavy atom. The Morgan fingerprint density at radius 1 is 1.53 bits per heavy atom. The highest BCUT2D eigenvalue weighted by molar-refractivity contribution is 6.06. The highest BCUT2D eigenvalue weighted by Crippen LogP contribution is 2.35. The van der Waals surface area contributed by atoms with Crippen LogP contribution in [0.1, 0.15) is 18.5 Å². The summed E-state index contributed by atoms with van der Waals surface area (Å²) in [7, 11) is 0. The summed E-state index contributed by atoms with van der Waals surface area (Å²) in [6.07, 6.45) is 0. The Kier molecular flexibility index (Phi) is 2.79. The number of anilines is 1. The van der Waals surface area contributed by atoms with E-state index in [9.17, 15) is 9.59 Å². The van der Waals surface area contributed by atoms with Crippen molar-refractivity contribution in [2.45, 2.75) is 13.0 Å². The average Bonchev–Trinajstić information content (AvgIpc) is 2.55. The Bertz CT molecular complexity index is 519. The van der Waals surface area contributed by atoms with Crippen LogP contribution in [-0.2, 0) is 9.59 Å². The Balaban J connectivity index is 2.42. The molecule has 2 amide bonds. The first-order valence-corrected chi connectivity index (χ1v) is 5.19. The molecular formula is C12H11N3O2. The van der Waals surface area contributed by atoms with Gasteiger partial charge in [0.1, 0.15) is 12.6 Å². The Morgan fingerprint density at radius 3 is 2.88 bits per heavy atom. The van der Waals surface area contributed by atoms with E-state index >= 15 is 0 Å². The van der Waals surface area contributed by atoms with Crippen molar-refractivity contribution in [2.75, 3.05) is 11.4 Å². The molecule has 0 radical (unpaired) electrons. The topological polar surface area (TPSA) is 73.2 Å². The summed E-state index contributed by atoms with van der Waals surface area (Å²) in [4.78, 5) is 24.5. The summed E-state index contributed by atoms with van der Waals surface area (Å²) >= 11 is 0. The zero-order chi connectivity index (χ0) is 12.4. The van der Waals surface area contributed by atoms with Crippen LogP contribution < -0.4 is 10.2 Å². The summed E-state index contributed by atoms with van der Waals surface area (Å²) in [6.45, 7) is 1.36. The molecule has 5 heteroatoms. The summed E-state index contributed by atoms with van der Waals surface area (Å²) < 4.78 is 0. The van der Waals surface area contributed by atoms with E-state index < -0.39 is 6.04 Å². The lowest BCUT2D eigenvalue weighted by Crippen LogP contribution is -2.36. The maximum atomic E-state index is 12.0. The van der Waals surface area contributed by atoms with Gasteiger partial charge in [0.15, 0.2) is 0 Å². The predicted octanol–water partition coefficient (Wildman–Crippen LogP) is 0.734. The average molecular weight is 229 g/mol. The fourth-order valence-corrected chi connectivity index (χ4v) is 1.96. The van der Waals surface area contributed by atoms with Crippen molar-refractivity contribution in [2.24, 2.45) is 0 Å². The lowest BCUT2D eigenvalue weighted by Gasteiger charge is -2.13. The third-order valence-corrected chi connectivity index (χ3v) is 2.63. The number of hydrogen-bond donors (Lipinski definition) is 1. The van der Waals surface area contributed by atoms with Crippen LogP contribution in [0, 0.1) is 11.3 Å². The molecule has 2 rings (SSSR count). The van der Waals surface area contributed by atoms with Crippen LogP contribution >= 0.6 is 0 Å². The third kappa shape index (κ3) is 1.85. The fraction of sp³-hybridized carbons (Fsp3) is 0.250. The van der Waals surface area contributed by atoms with Crippen LogP contribution in [0.3, 0.4) is 0 Å². The van der Waals surface area contributed by atoms with E-state index in [2.05, 4.69) is 5.32 Å². The highest BCUT2D eigenvalue weighted by Gasteiger charge is 2.37. The molecular weight excluding hydrogens is 218 g/mol. The summed E-state index contributed by atoms with van der Waals surface area (Å²) in [6, 6.07) is 8.43. The smallest absolute Gasteiger partial charge is 0.255 e. The number of fused-ring (bicyclic) bond motifs is 1. The molecule has 1 aliphatic rings. The number of nitrogens with zero attached hydrogens (tertiary/aromatic N) is 2. The molecule has 1 unspecified atom stereocenters. The second-order valence-electron chi connectivity index (χ2n) is 3.77. The lowest BCUT2D eigenvalue weighted by molar-refractivity contribution is -0.126. The molecule has 86 valence electrons. The quantitative estimate of drug-likeness (QED) is 0.760. The van der Waals surface area contributed by atoms with Gasteiger partial charge in [0.05, 0.1) is 11.8 Å². The molecule has 1 aliphatic heterocycles. The number of nitrogens with one attached hydrogen (secondary N) is 1. The minimum absolute atomic E-state index is 0.00800. The molecule has 0 spiro atoms. The molecule has 1 atom stereocenters. The Hall–Kier alpha value is -2.35. The van der Waals surface area contributed by atoms with Crippen molar-refractivity contribution in [3.63, 3.8) is 0 Å². The SMILES string of the molecule is CC(=O)NC1C(=O)N(CC#N)c2ccccc21. The molecule has 0 fully saturated rings. The molecule has 0 bridgehead atoms. The number of nitriles is 1. The predicted molar refractivity (Wildman–Crippen MR) is 61.0 cm³/mol. The van der Waals surface area contributed by atoms with Crippen molar-refractivity contribution in [1.29, 1.82) is 5.26 Å². The van der Waals surface area contributed by atoms with E-state index in [0.717, 1.165) is 5.56 Å². The molecule has 0 saturated heterocycles. The summed E-state index contributed by atoms with van der Waals surface area (Å²) in [5.74, 6) is -0.528. The van der Waals surface area contributed by atoms with Gasteiger partial charge in [-0.2, -0.15) is 5.26 Å². The maximum Gasteiger partial charge on any atom is 0.255 e. The first-order valence-electron chi connectivity index (χ1n) is 5.19. The van der Waals surface area contributed by atoms with Crippen LogP contribution in [0.4, 0.5) is 5.69 Å².